The highest BCUT2D eigenvalue weighted by molar-refractivity contribution is 5.68. The van der Waals surface area contributed by atoms with Crippen LogP contribution in [0.3, 0.4) is 0 Å². The molecule has 0 radical (unpaired) electrons. The van der Waals surface area contributed by atoms with Gasteiger partial charge in [-0.15, -0.1) is 0 Å². The lowest BCUT2D eigenvalue weighted by Gasteiger charge is -2.42. The maximum absolute atomic E-state index is 12.1. The molecule has 0 spiro atoms. The number of amides is 1. The van der Waals surface area contributed by atoms with Gasteiger partial charge >= 0.3 is 6.09 Å². The Balaban J connectivity index is 1.86. The van der Waals surface area contributed by atoms with E-state index < -0.39 is 5.60 Å². The number of carbonyl (C=O) groups is 1. The van der Waals surface area contributed by atoms with Gasteiger partial charge in [0.1, 0.15) is 5.60 Å². The molecule has 0 saturated heterocycles. The van der Waals surface area contributed by atoms with E-state index in [2.05, 4.69) is 24.5 Å². The molecule has 2 rings (SSSR count). The summed E-state index contributed by atoms with van der Waals surface area (Å²) in [6.07, 6.45) is 8.22. The third-order valence-corrected chi connectivity index (χ3v) is 5.29. The molecule has 0 bridgehead atoms. The first-order valence-electron chi connectivity index (χ1n) is 9.50. The van der Waals surface area contributed by atoms with Crippen molar-refractivity contribution in [3.05, 3.63) is 0 Å². The Bertz CT molecular complexity index is 383. The summed E-state index contributed by atoms with van der Waals surface area (Å²) < 4.78 is 5.45. The number of hydrogen-bond donors (Lipinski definition) is 2. The van der Waals surface area contributed by atoms with Gasteiger partial charge in [0.2, 0.25) is 0 Å². The van der Waals surface area contributed by atoms with Crippen LogP contribution in [-0.4, -0.2) is 29.8 Å². The highest BCUT2D eigenvalue weighted by atomic mass is 16.6. The fourth-order valence-corrected chi connectivity index (χ4v) is 3.78. The molecule has 2 fully saturated rings. The van der Waals surface area contributed by atoms with Gasteiger partial charge < -0.3 is 15.4 Å². The third-order valence-electron chi connectivity index (χ3n) is 5.29. The van der Waals surface area contributed by atoms with Gasteiger partial charge in [0, 0.05) is 18.1 Å². The van der Waals surface area contributed by atoms with E-state index in [4.69, 9.17) is 4.74 Å². The van der Waals surface area contributed by atoms with Crippen molar-refractivity contribution < 1.29 is 9.53 Å². The van der Waals surface area contributed by atoms with E-state index in [1.54, 1.807) is 0 Å². The van der Waals surface area contributed by atoms with Crippen molar-refractivity contribution in [2.75, 3.05) is 0 Å². The number of ether oxygens (including phenoxy) is 1. The van der Waals surface area contributed by atoms with Gasteiger partial charge in [-0.3, -0.25) is 0 Å². The Kier molecular flexibility index (Phi) is 6.35. The second kappa shape index (κ2) is 7.87. The maximum Gasteiger partial charge on any atom is 0.407 e. The van der Waals surface area contributed by atoms with Crippen molar-refractivity contribution in [1.82, 2.24) is 10.6 Å². The molecule has 134 valence electrons. The number of hydrogen-bond acceptors (Lipinski definition) is 3. The summed E-state index contributed by atoms with van der Waals surface area (Å²) in [4.78, 5) is 12.1. The molecule has 0 heterocycles. The van der Waals surface area contributed by atoms with Crippen LogP contribution in [0.4, 0.5) is 4.79 Å². The van der Waals surface area contributed by atoms with Gasteiger partial charge in [0.15, 0.2) is 0 Å². The second-order valence-electron chi connectivity index (χ2n) is 8.84. The summed E-state index contributed by atoms with van der Waals surface area (Å²) in [6, 6.07) is 1.22. The Labute approximate surface area is 142 Å². The largest absolute Gasteiger partial charge is 0.444 e. The van der Waals surface area contributed by atoms with Gasteiger partial charge in [0.05, 0.1) is 0 Å². The van der Waals surface area contributed by atoms with Gasteiger partial charge in [-0.05, 0) is 58.3 Å². The quantitative estimate of drug-likeness (QED) is 0.761. The number of alkyl carbamates (subject to hydrolysis) is 1. The fourth-order valence-electron chi connectivity index (χ4n) is 3.78. The predicted molar refractivity (Wildman–Crippen MR) is 94.5 cm³/mol. The summed E-state index contributed by atoms with van der Waals surface area (Å²) >= 11 is 0. The van der Waals surface area contributed by atoms with E-state index in [1.807, 2.05) is 20.8 Å². The van der Waals surface area contributed by atoms with Crippen molar-refractivity contribution in [2.45, 2.75) is 103 Å². The van der Waals surface area contributed by atoms with Crippen LogP contribution >= 0.6 is 0 Å². The van der Waals surface area contributed by atoms with Crippen LogP contribution < -0.4 is 10.6 Å². The number of carbonyl (C=O) groups excluding carboxylic acids is 1. The fraction of sp³-hybridized carbons (Fsp3) is 0.947. The summed E-state index contributed by atoms with van der Waals surface area (Å²) in [5, 5.41) is 6.96. The van der Waals surface area contributed by atoms with Crippen LogP contribution in [0.2, 0.25) is 0 Å². The topological polar surface area (TPSA) is 50.4 Å². The molecular weight excluding hydrogens is 288 g/mol. The zero-order valence-corrected chi connectivity index (χ0v) is 15.7. The first-order valence-corrected chi connectivity index (χ1v) is 9.50. The first-order chi connectivity index (χ1) is 10.7. The third kappa shape index (κ3) is 5.98. The van der Waals surface area contributed by atoms with Gasteiger partial charge in [-0.25, -0.2) is 4.79 Å². The Morgan fingerprint density at radius 1 is 1.04 bits per heavy atom. The molecule has 0 aromatic heterocycles. The predicted octanol–water partition coefficient (Wildman–Crippen LogP) is 4.24. The molecule has 2 saturated carbocycles. The molecule has 23 heavy (non-hydrogen) atoms. The van der Waals surface area contributed by atoms with Crippen molar-refractivity contribution in [1.29, 1.82) is 0 Å². The SMILES string of the molecule is CC(C)C1CC(NC2CCCCCC2NC(=O)OC(C)(C)C)C1. The van der Waals surface area contributed by atoms with E-state index in [0.717, 1.165) is 24.7 Å². The molecule has 2 N–H and O–H groups in total. The standard InChI is InChI=1S/C19H36N2O2/c1-13(2)14-11-15(12-14)20-16-9-7-6-8-10-17(16)21-18(22)23-19(3,4)5/h13-17,20H,6-12H2,1-5H3,(H,21,22). The van der Waals surface area contributed by atoms with E-state index in [-0.39, 0.29) is 12.1 Å². The van der Waals surface area contributed by atoms with E-state index in [1.165, 1.54) is 32.1 Å². The Morgan fingerprint density at radius 2 is 1.65 bits per heavy atom. The zero-order chi connectivity index (χ0) is 17.0. The summed E-state index contributed by atoms with van der Waals surface area (Å²) in [7, 11) is 0. The Morgan fingerprint density at radius 3 is 2.22 bits per heavy atom. The minimum atomic E-state index is -0.434. The van der Waals surface area contributed by atoms with Crippen molar-refractivity contribution in [3.8, 4) is 0 Å². The van der Waals surface area contributed by atoms with Crippen molar-refractivity contribution in [3.63, 3.8) is 0 Å². The lowest BCUT2D eigenvalue weighted by molar-refractivity contribution is 0.0481. The van der Waals surface area contributed by atoms with Crippen LogP contribution in [0.15, 0.2) is 0 Å². The molecule has 0 aliphatic heterocycles. The zero-order valence-electron chi connectivity index (χ0n) is 15.7. The molecule has 4 heteroatoms. The smallest absolute Gasteiger partial charge is 0.407 e. The summed E-state index contributed by atoms with van der Waals surface area (Å²) in [5.74, 6) is 1.66. The molecule has 1 amide bonds. The average Bonchev–Trinajstić information content (AvgIpc) is 2.56. The molecule has 2 unspecified atom stereocenters. The maximum atomic E-state index is 12.1. The van der Waals surface area contributed by atoms with Crippen LogP contribution in [0.25, 0.3) is 0 Å². The molecule has 2 aliphatic carbocycles. The second-order valence-corrected chi connectivity index (χ2v) is 8.84. The highest BCUT2D eigenvalue weighted by Gasteiger charge is 2.35. The highest BCUT2D eigenvalue weighted by Crippen LogP contribution is 2.34. The summed E-state index contributed by atoms with van der Waals surface area (Å²) in [6.45, 7) is 10.4. The lowest BCUT2D eigenvalue weighted by Crippen LogP contribution is -2.56. The van der Waals surface area contributed by atoms with Crippen molar-refractivity contribution >= 4 is 6.09 Å². The minimum Gasteiger partial charge on any atom is -0.444 e. The molecule has 4 nitrogen and oxygen atoms in total. The lowest BCUT2D eigenvalue weighted by atomic mass is 9.73. The first kappa shape index (κ1) is 18.6. The Hall–Kier alpha value is -0.770. The number of nitrogens with one attached hydrogen (secondary N) is 2. The molecular formula is C19H36N2O2. The minimum absolute atomic E-state index is 0.199. The number of rotatable bonds is 4. The molecule has 0 aromatic carbocycles. The molecule has 0 aromatic rings. The van der Waals surface area contributed by atoms with Crippen LogP contribution in [0.1, 0.15) is 79.6 Å². The van der Waals surface area contributed by atoms with Gasteiger partial charge in [-0.1, -0.05) is 33.1 Å². The van der Waals surface area contributed by atoms with E-state index >= 15 is 0 Å². The molecule has 2 atom stereocenters. The van der Waals surface area contributed by atoms with Crippen LogP contribution in [0.5, 0.6) is 0 Å². The average molecular weight is 325 g/mol. The van der Waals surface area contributed by atoms with E-state index in [0.29, 0.717) is 12.1 Å². The van der Waals surface area contributed by atoms with Crippen LogP contribution in [-0.2, 0) is 4.74 Å². The van der Waals surface area contributed by atoms with Gasteiger partial charge in [-0.2, -0.15) is 0 Å². The molecule has 2 aliphatic rings. The van der Waals surface area contributed by atoms with E-state index in [9.17, 15) is 4.79 Å². The van der Waals surface area contributed by atoms with Gasteiger partial charge in [0.25, 0.3) is 0 Å². The van der Waals surface area contributed by atoms with Crippen LogP contribution in [0, 0.1) is 11.8 Å². The monoisotopic (exact) mass is 324 g/mol. The summed E-state index contributed by atoms with van der Waals surface area (Å²) in [5.41, 5.74) is -0.434. The van der Waals surface area contributed by atoms with Crippen molar-refractivity contribution in [2.24, 2.45) is 11.8 Å². The normalized spacial score (nSPS) is 32.1.